The molecule has 0 spiro atoms. The largest absolute Gasteiger partial charge is 0.359 e. The van der Waals surface area contributed by atoms with Crippen LogP contribution >= 0.6 is 0 Å². The second kappa shape index (κ2) is 4.65. The number of amides is 1. The molecule has 1 unspecified atom stereocenters. The van der Waals surface area contributed by atoms with Gasteiger partial charge in [0.15, 0.2) is 5.76 Å². The Morgan fingerprint density at radius 2 is 2.50 bits per heavy atom. The summed E-state index contributed by atoms with van der Waals surface area (Å²) in [5.74, 6) is 0.908. The monoisotopic (exact) mass is 223 g/mol. The van der Waals surface area contributed by atoms with E-state index in [-0.39, 0.29) is 11.9 Å². The first-order valence-electron chi connectivity index (χ1n) is 5.59. The summed E-state index contributed by atoms with van der Waals surface area (Å²) in [5, 5.41) is 6.85. The summed E-state index contributed by atoms with van der Waals surface area (Å²) < 4.78 is 5.12. The van der Waals surface area contributed by atoms with Gasteiger partial charge in [-0.25, -0.2) is 0 Å². The summed E-state index contributed by atoms with van der Waals surface area (Å²) in [6.45, 7) is 3.20. The predicted octanol–water partition coefficient (Wildman–Crippen LogP) is 0.693. The third-order valence-corrected chi connectivity index (χ3v) is 2.90. The van der Waals surface area contributed by atoms with Crippen LogP contribution in [0.3, 0.4) is 0 Å². The number of nitrogens with zero attached hydrogens (tertiary/aromatic N) is 2. The maximum Gasteiger partial charge on any atom is 0.240 e. The van der Waals surface area contributed by atoms with Gasteiger partial charge in [-0.2, -0.15) is 0 Å². The van der Waals surface area contributed by atoms with Crippen LogP contribution in [0.4, 0.5) is 0 Å². The minimum atomic E-state index is -0.0437. The Bertz CT molecular complexity index is 375. The van der Waals surface area contributed by atoms with Gasteiger partial charge in [0, 0.05) is 12.6 Å². The average Bonchev–Trinajstić information content (AvgIpc) is 2.67. The zero-order chi connectivity index (χ0) is 11.5. The van der Waals surface area contributed by atoms with Crippen molar-refractivity contribution in [1.29, 1.82) is 0 Å². The van der Waals surface area contributed by atoms with Crippen LogP contribution in [0.2, 0.25) is 0 Å². The molecule has 0 aliphatic carbocycles. The molecule has 1 aromatic rings. The molecular formula is C11H17N3O2. The number of nitrogens with one attached hydrogen (secondary N) is 1. The summed E-state index contributed by atoms with van der Waals surface area (Å²) in [6.07, 6.45) is 1.95. The van der Waals surface area contributed by atoms with Crippen LogP contribution in [0.5, 0.6) is 0 Å². The minimum absolute atomic E-state index is 0.0437. The number of aryl methyl sites for hydroxylation is 1. The number of aromatic nitrogens is 1. The van der Waals surface area contributed by atoms with Crippen molar-refractivity contribution in [3.8, 4) is 0 Å². The number of likely N-dealkylation sites (tertiary alicyclic amines) is 1. The molecule has 0 radical (unpaired) electrons. The SMILES string of the molecule is CNC1CCCN(Cc2cc(C)no2)C1=O. The topological polar surface area (TPSA) is 58.4 Å². The lowest BCUT2D eigenvalue weighted by atomic mass is 10.0. The maximum atomic E-state index is 12.0. The Morgan fingerprint density at radius 3 is 3.12 bits per heavy atom. The van der Waals surface area contributed by atoms with Crippen LogP contribution in [0, 0.1) is 6.92 Å². The molecule has 0 bridgehead atoms. The van der Waals surface area contributed by atoms with Gasteiger partial charge in [-0.1, -0.05) is 5.16 Å². The fourth-order valence-electron chi connectivity index (χ4n) is 2.04. The van der Waals surface area contributed by atoms with Gasteiger partial charge in [0.05, 0.1) is 18.3 Å². The molecule has 2 heterocycles. The van der Waals surface area contributed by atoms with E-state index >= 15 is 0 Å². The van der Waals surface area contributed by atoms with Crippen molar-refractivity contribution in [2.45, 2.75) is 32.4 Å². The molecule has 88 valence electrons. The quantitative estimate of drug-likeness (QED) is 0.819. The summed E-state index contributed by atoms with van der Waals surface area (Å²) in [4.78, 5) is 13.8. The van der Waals surface area contributed by atoms with E-state index in [1.165, 1.54) is 0 Å². The van der Waals surface area contributed by atoms with Crippen LogP contribution in [0.1, 0.15) is 24.3 Å². The lowest BCUT2D eigenvalue weighted by Crippen LogP contribution is -2.49. The molecule has 1 amide bonds. The van der Waals surface area contributed by atoms with E-state index in [0.29, 0.717) is 6.54 Å². The molecule has 1 atom stereocenters. The number of carbonyl (C=O) groups excluding carboxylic acids is 1. The Balaban J connectivity index is 2.01. The lowest BCUT2D eigenvalue weighted by Gasteiger charge is -2.31. The molecule has 1 aliphatic rings. The number of likely N-dealkylation sites (N-methyl/N-ethyl adjacent to an activating group) is 1. The normalized spacial score (nSPS) is 21.5. The molecular weight excluding hydrogens is 206 g/mol. The van der Waals surface area contributed by atoms with Crippen LogP contribution in [0.15, 0.2) is 10.6 Å². The highest BCUT2D eigenvalue weighted by Crippen LogP contribution is 2.15. The molecule has 2 rings (SSSR count). The molecule has 5 nitrogen and oxygen atoms in total. The fraction of sp³-hybridized carbons (Fsp3) is 0.636. The second-order valence-electron chi connectivity index (χ2n) is 4.18. The van der Waals surface area contributed by atoms with Crippen LogP contribution in [-0.4, -0.2) is 35.6 Å². The number of piperidine rings is 1. The van der Waals surface area contributed by atoms with Crippen molar-refractivity contribution >= 4 is 5.91 Å². The van der Waals surface area contributed by atoms with Gasteiger partial charge < -0.3 is 14.7 Å². The Kier molecular flexibility index (Phi) is 3.24. The third-order valence-electron chi connectivity index (χ3n) is 2.90. The van der Waals surface area contributed by atoms with Crippen molar-refractivity contribution in [3.05, 3.63) is 17.5 Å². The van der Waals surface area contributed by atoms with Crippen molar-refractivity contribution in [1.82, 2.24) is 15.4 Å². The van der Waals surface area contributed by atoms with Crippen molar-refractivity contribution in [2.24, 2.45) is 0 Å². The maximum absolute atomic E-state index is 12.0. The van der Waals surface area contributed by atoms with E-state index in [1.54, 1.807) is 0 Å². The average molecular weight is 223 g/mol. The summed E-state index contributed by atoms with van der Waals surface area (Å²) in [5.41, 5.74) is 0.852. The van der Waals surface area contributed by atoms with Gasteiger partial charge in [0.25, 0.3) is 0 Å². The van der Waals surface area contributed by atoms with Gasteiger partial charge in [-0.15, -0.1) is 0 Å². The molecule has 1 N–H and O–H groups in total. The third kappa shape index (κ3) is 2.24. The van der Waals surface area contributed by atoms with E-state index in [1.807, 2.05) is 24.9 Å². The molecule has 1 aromatic heterocycles. The number of hydrogen-bond acceptors (Lipinski definition) is 4. The lowest BCUT2D eigenvalue weighted by molar-refractivity contribution is -0.136. The van der Waals surface area contributed by atoms with E-state index < -0.39 is 0 Å². The van der Waals surface area contributed by atoms with Crippen molar-refractivity contribution in [3.63, 3.8) is 0 Å². The fourth-order valence-corrected chi connectivity index (χ4v) is 2.04. The first-order valence-corrected chi connectivity index (χ1v) is 5.59. The Morgan fingerprint density at radius 1 is 1.69 bits per heavy atom. The standard InChI is InChI=1S/C11H17N3O2/c1-8-6-9(16-13-8)7-14-5-3-4-10(12-2)11(14)15/h6,10,12H,3-5,7H2,1-2H3. The highest BCUT2D eigenvalue weighted by atomic mass is 16.5. The zero-order valence-electron chi connectivity index (χ0n) is 9.69. The summed E-state index contributed by atoms with van der Waals surface area (Å²) >= 11 is 0. The van der Waals surface area contributed by atoms with Gasteiger partial charge in [0.1, 0.15) is 0 Å². The van der Waals surface area contributed by atoms with Gasteiger partial charge in [0.2, 0.25) is 5.91 Å². The molecule has 16 heavy (non-hydrogen) atoms. The molecule has 1 fully saturated rings. The van der Waals surface area contributed by atoms with E-state index in [2.05, 4.69) is 10.5 Å². The first-order chi connectivity index (χ1) is 7.70. The number of rotatable bonds is 3. The summed E-state index contributed by atoms with van der Waals surface area (Å²) in [6, 6.07) is 1.83. The Hall–Kier alpha value is -1.36. The molecule has 1 aliphatic heterocycles. The molecule has 1 saturated heterocycles. The number of carbonyl (C=O) groups is 1. The summed E-state index contributed by atoms with van der Waals surface area (Å²) in [7, 11) is 1.82. The first kappa shape index (κ1) is 11.1. The highest BCUT2D eigenvalue weighted by Gasteiger charge is 2.27. The van der Waals surface area contributed by atoms with Crippen LogP contribution < -0.4 is 5.32 Å². The van der Waals surface area contributed by atoms with Crippen LogP contribution in [-0.2, 0) is 11.3 Å². The zero-order valence-corrected chi connectivity index (χ0v) is 9.69. The number of hydrogen-bond donors (Lipinski definition) is 1. The smallest absolute Gasteiger partial charge is 0.240 e. The Labute approximate surface area is 94.8 Å². The molecule has 5 heteroatoms. The van der Waals surface area contributed by atoms with Crippen molar-refractivity contribution in [2.75, 3.05) is 13.6 Å². The van der Waals surface area contributed by atoms with Gasteiger partial charge in [-0.3, -0.25) is 4.79 Å². The van der Waals surface area contributed by atoms with Gasteiger partial charge >= 0.3 is 0 Å². The van der Waals surface area contributed by atoms with Crippen molar-refractivity contribution < 1.29 is 9.32 Å². The molecule has 0 aromatic carbocycles. The van der Waals surface area contributed by atoms with E-state index in [4.69, 9.17) is 4.52 Å². The van der Waals surface area contributed by atoms with E-state index in [0.717, 1.165) is 30.8 Å². The highest BCUT2D eigenvalue weighted by molar-refractivity contribution is 5.82. The second-order valence-corrected chi connectivity index (χ2v) is 4.18. The van der Waals surface area contributed by atoms with Gasteiger partial charge in [-0.05, 0) is 26.8 Å². The molecule has 0 saturated carbocycles. The van der Waals surface area contributed by atoms with E-state index in [9.17, 15) is 4.79 Å². The van der Waals surface area contributed by atoms with Crippen LogP contribution in [0.25, 0.3) is 0 Å². The predicted molar refractivity (Wildman–Crippen MR) is 58.7 cm³/mol. The minimum Gasteiger partial charge on any atom is -0.359 e.